The van der Waals surface area contributed by atoms with Gasteiger partial charge in [0.15, 0.2) is 0 Å². The Morgan fingerprint density at radius 3 is 2.48 bits per heavy atom. The number of rotatable bonds is 6. The number of hydrogen-bond donors (Lipinski definition) is 0. The summed E-state index contributed by atoms with van der Waals surface area (Å²) in [6, 6.07) is 5.11. The smallest absolute Gasteiger partial charge is 0.381 e. The molecule has 0 spiro atoms. The maximum Gasteiger partial charge on any atom is 0.416 e. The predicted molar refractivity (Wildman–Crippen MR) is 80.2 cm³/mol. The molecule has 2 atom stereocenters. The van der Waals surface area contributed by atoms with E-state index in [9.17, 15) is 13.2 Å². The first-order valence-electron chi connectivity index (χ1n) is 6.12. The Hall–Kier alpha value is -0.850. The third-order valence-electron chi connectivity index (χ3n) is 3.15. The maximum atomic E-state index is 12.9. The summed E-state index contributed by atoms with van der Waals surface area (Å²) < 4.78 is 49.7. The van der Waals surface area contributed by atoms with Crippen molar-refractivity contribution in [3.8, 4) is 6.07 Å². The van der Waals surface area contributed by atoms with Crippen LogP contribution in [0, 0.1) is 11.3 Å². The zero-order chi connectivity index (χ0) is 16.0. The number of hydrogen-bond acceptors (Lipinski definition) is 3. The lowest BCUT2D eigenvalue weighted by molar-refractivity contribution is -0.137. The molecule has 0 fully saturated rings. The highest BCUT2D eigenvalue weighted by atomic mass is 127. The summed E-state index contributed by atoms with van der Waals surface area (Å²) in [6.07, 6.45) is -4.82. The van der Waals surface area contributed by atoms with E-state index in [1.807, 2.05) is 22.6 Å². The molecular formula is C14H15F3INO2. The highest BCUT2D eigenvalue weighted by Gasteiger charge is 2.32. The van der Waals surface area contributed by atoms with Gasteiger partial charge in [-0.1, -0.05) is 22.6 Å². The molecule has 3 nitrogen and oxygen atoms in total. The molecule has 0 aliphatic carbocycles. The summed E-state index contributed by atoms with van der Waals surface area (Å²) in [5.74, 6) is -0.376. The van der Waals surface area contributed by atoms with Gasteiger partial charge < -0.3 is 9.47 Å². The third-order valence-corrected chi connectivity index (χ3v) is 3.59. The molecule has 0 amide bonds. The second kappa shape index (κ2) is 7.96. The van der Waals surface area contributed by atoms with Gasteiger partial charge in [0, 0.05) is 13.0 Å². The van der Waals surface area contributed by atoms with E-state index in [2.05, 4.69) is 0 Å². The number of benzene rings is 1. The van der Waals surface area contributed by atoms with Crippen LogP contribution in [0.3, 0.4) is 0 Å². The number of nitrogens with zero attached hydrogens (tertiary/aromatic N) is 1. The molecule has 0 aliphatic rings. The molecule has 0 aliphatic heterocycles. The third kappa shape index (κ3) is 5.13. The van der Waals surface area contributed by atoms with E-state index in [1.54, 1.807) is 13.0 Å². The van der Waals surface area contributed by atoms with Gasteiger partial charge in [0.2, 0.25) is 0 Å². The van der Waals surface area contributed by atoms with Gasteiger partial charge in [-0.05, 0) is 30.7 Å². The SMILES string of the molecule is COC(C)C(COCI)c1cc(C#N)cc(C(F)(F)F)c1. The summed E-state index contributed by atoms with van der Waals surface area (Å²) in [4.78, 5) is 0. The number of alkyl halides is 4. The minimum atomic E-state index is -4.49. The lowest BCUT2D eigenvalue weighted by Crippen LogP contribution is -2.23. The van der Waals surface area contributed by atoms with Crippen LogP contribution in [0.1, 0.15) is 29.5 Å². The van der Waals surface area contributed by atoms with Crippen molar-refractivity contribution in [2.24, 2.45) is 0 Å². The lowest BCUT2D eigenvalue weighted by atomic mass is 9.91. The lowest BCUT2D eigenvalue weighted by Gasteiger charge is -2.24. The van der Waals surface area contributed by atoms with Crippen LogP contribution in [0.4, 0.5) is 13.2 Å². The maximum absolute atomic E-state index is 12.9. The van der Waals surface area contributed by atoms with Crippen LogP contribution in [0.25, 0.3) is 0 Å². The average molecular weight is 413 g/mol. The van der Waals surface area contributed by atoms with E-state index in [0.29, 0.717) is 10.2 Å². The molecule has 1 aromatic carbocycles. The Morgan fingerprint density at radius 1 is 1.33 bits per heavy atom. The number of nitriles is 1. The largest absolute Gasteiger partial charge is 0.416 e. The van der Waals surface area contributed by atoms with Crippen molar-refractivity contribution in [1.82, 2.24) is 0 Å². The highest BCUT2D eigenvalue weighted by Crippen LogP contribution is 2.33. The van der Waals surface area contributed by atoms with Crippen LogP contribution in [-0.4, -0.2) is 24.4 Å². The first-order chi connectivity index (χ1) is 9.83. The predicted octanol–water partition coefficient (Wildman–Crippen LogP) is 4.10. The zero-order valence-electron chi connectivity index (χ0n) is 11.6. The second-order valence-electron chi connectivity index (χ2n) is 4.48. The van der Waals surface area contributed by atoms with Crippen LogP contribution in [0.15, 0.2) is 18.2 Å². The monoisotopic (exact) mass is 413 g/mol. The molecule has 1 aromatic rings. The fourth-order valence-corrected chi connectivity index (χ4v) is 2.19. The molecule has 0 bridgehead atoms. The van der Waals surface area contributed by atoms with Gasteiger partial charge in [-0.2, -0.15) is 18.4 Å². The number of ether oxygens (including phenoxy) is 2. The average Bonchev–Trinajstić information content (AvgIpc) is 2.46. The van der Waals surface area contributed by atoms with Gasteiger partial charge in [0.1, 0.15) is 0 Å². The summed E-state index contributed by atoms with van der Waals surface area (Å²) in [5, 5.41) is 8.92. The standard InChI is InChI=1S/C14H15F3INO2/c1-9(20-2)13(7-21-8-18)11-3-10(6-19)4-12(5-11)14(15,16)17/h3-5,9,13H,7-8H2,1-2H3. The van der Waals surface area contributed by atoms with Crippen molar-refractivity contribution < 1.29 is 22.6 Å². The summed E-state index contributed by atoms with van der Waals surface area (Å²) in [6.45, 7) is 1.98. The van der Waals surface area contributed by atoms with Crippen molar-refractivity contribution in [3.05, 3.63) is 34.9 Å². The minimum Gasteiger partial charge on any atom is -0.381 e. The molecule has 0 aromatic heterocycles. The fourth-order valence-electron chi connectivity index (χ4n) is 1.93. The Labute approximate surface area is 135 Å². The minimum absolute atomic E-state index is 0.0254. The first-order valence-corrected chi connectivity index (χ1v) is 7.64. The summed E-state index contributed by atoms with van der Waals surface area (Å²) >= 11 is 2.01. The molecule has 0 saturated heterocycles. The van der Waals surface area contributed by atoms with Gasteiger partial charge in [0.25, 0.3) is 0 Å². The van der Waals surface area contributed by atoms with Gasteiger partial charge in [-0.25, -0.2) is 0 Å². The molecule has 0 heterocycles. The highest BCUT2D eigenvalue weighted by molar-refractivity contribution is 14.1. The van der Waals surface area contributed by atoms with Gasteiger partial charge in [-0.3, -0.25) is 0 Å². The zero-order valence-corrected chi connectivity index (χ0v) is 13.7. The fraction of sp³-hybridized carbons (Fsp3) is 0.500. The molecule has 0 radical (unpaired) electrons. The van der Waals surface area contributed by atoms with Gasteiger partial charge in [0.05, 0.1) is 34.5 Å². The van der Waals surface area contributed by atoms with Crippen molar-refractivity contribution in [3.63, 3.8) is 0 Å². The molecular weight excluding hydrogens is 398 g/mol. The Kier molecular flexibility index (Phi) is 6.90. The van der Waals surface area contributed by atoms with Crippen LogP contribution < -0.4 is 0 Å². The van der Waals surface area contributed by atoms with Gasteiger partial charge >= 0.3 is 6.18 Å². The molecule has 0 saturated carbocycles. The summed E-state index contributed by atoms with van der Waals surface area (Å²) in [7, 11) is 1.49. The Morgan fingerprint density at radius 2 is 2.00 bits per heavy atom. The van der Waals surface area contributed by atoms with E-state index in [4.69, 9.17) is 14.7 Å². The van der Waals surface area contributed by atoms with Crippen molar-refractivity contribution in [2.45, 2.75) is 25.1 Å². The van der Waals surface area contributed by atoms with E-state index in [-0.39, 0.29) is 24.2 Å². The Bertz CT molecular complexity index is 514. The van der Waals surface area contributed by atoms with Crippen molar-refractivity contribution in [2.75, 3.05) is 18.3 Å². The van der Waals surface area contributed by atoms with E-state index in [0.717, 1.165) is 12.1 Å². The second-order valence-corrected chi connectivity index (χ2v) is 5.10. The van der Waals surface area contributed by atoms with Crippen molar-refractivity contribution >= 4 is 22.6 Å². The van der Waals surface area contributed by atoms with E-state index < -0.39 is 11.7 Å². The van der Waals surface area contributed by atoms with Crippen molar-refractivity contribution in [1.29, 1.82) is 5.26 Å². The van der Waals surface area contributed by atoms with E-state index >= 15 is 0 Å². The Balaban J connectivity index is 3.26. The summed E-state index contributed by atoms with van der Waals surface area (Å²) in [5.41, 5.74) is -0.470. The first kappa shape index (κ1) is 18.2. The molecule has 21 heavy (non-hydrogen) atoms. The van der Waals surface area contributed by atoms with Gasteiger partial charge in [-0.15, -0.1) is 0 Å². The number of halogens is 4. The van der Waals surface area contributed by atoms with Crippen LogP contribution in [0.5, 0.6) is 0 Å². The molecule has 116 valence electrons. The molecule has 0 N–H and O–H groups in total. The quantitative estimate of drug-likeness (QED) is 0.521. The molecule has 2 unspecified atom stereocenters. The van der Waals surface area contributed by atoms with Crippen LogP contribution >= 0.6 is 22.6 Å². The van der Waals surface area contributed by atoms with Crippen LogP contribution in [0.2, 0.25) is 0 Å². The normalized spacial score (nSPS) is 14.5. The topological polar surface area (TPSA) is 42.2 Å². The number of methoxy groups -OCH3 is 1. The molecule has 1 rings (SSSR count). The molecule has 7 heteroatoms. The van der Waals surface area contributed by atoms with E-state index in [1.165, 1.54) is 13.2 Å². The van der Waals surface area contributed by atoms with Crippen LogP contribution in [-0.2, 0) is 15.7 Å².